The summed E-state index contributed by atoms with van der Waals surface area (Å²) in [6, 6.07) is 0.0821. The van der Waals surface area contributed by atoms with Gasteiger partial charge < -0.3 is 11.1 Å². The molecule has 3 N–H and O–H groups in total. The molecule has 0 spiro atoms. The Labute approximate surface area is 67.3 Å². The van der Waals surface area contributed by atoms with E-state index < -0.39 is 5.67 Å². The van der Waals surface area contributed by atoms with Crippen LogP contribution in [0.1, 0.15) is 26.2 Å². The third-order valence-corrected chi connectivity index (χ3v) is 2.28. The molecule has 0 aromatic heterocycles. The molecule has 2 unspecified atom stereocenters. The molecule has 1 fully saturated rings. The van der Waals surface area contributed by atoms with Gasteiger partial charge in [0.1, 0.15) is 5.67 Å². The molecular weight excluding hydrogens is 143 g/mol. The first-order chi connectivity index (χ1) is 5.16. The van der Waals surface area contributed by atoms with Crippen LogP contribution in [0.25, 0.3) is 0 Å². The van der Waals surface area contributed by atoms with Gasteiger partial charge in [0.15, 0.2) is 0 Å². The van der Waals surface area contributed by atoms with Gasteiger partial charge in [-0.05, 0) is 25.8 Å². The van der Waals surface area contributed by atoms with E-state index >= 15 is 0 Å². The maximum atomic E-state index is 13.6. The standard InChI is InChI=1S/C8H17FN2/c1-2-11-6-8(9)4-3-7(10)5-8/h7,11H,2-6,10H2,1H3. The molecule has 0 amide bonds. The van der Waals surface area contributed by atoms with E-state index in [1.807, 2.05) is 6.92 Å². The van der Waals surface area contributed by atoms with Crippen molar-refractivity contribution in [2.24, 2.45) is 5.73 Å². The minimum atomic E-state index is -1.02. The Bertz CT molecular complexity index is 129. The van der Waals surface area contributed by atoms with Crippen molar-refractivity contribution in [1.29, 1.82) is 0 Å². The van der Waals surface area contributed by atoms with Crippen LogP contribution < -0.4 is 11.1 Å². The van der Waals surface area contributed by atoms with E-state index in [0.717, 1.165) is 13.0 Å². The highest BCUT2D eigenvalue weighted by Crippen LogP contribution is 2.31. The monoisotopic (exact) mass is 160 g/mol. The second-order valence-electron chi connectivity index (χ2n) is 3.43. The topological polar surface area (TPSA) is 38.0 Å². The van der Waals surface area contributed by atoms with Gasteiger partial charge in [-0.3, -0.25) is 0 Å². The van der Waals surface area contributed by atoms with Gasteiger partial charge in [-0.2, -0.15) is 0 Å². The van der Waals surface area contributed by atoms with Crippen LogP contribution in [0.2, 0.25) is 0 Å². The number of nitrogens with two attached hydrogens (primary N) is 1. The minimum absolute atomic E-state index is 0.0821. The lowest BCUT2D eigenvalue weighted by atomic mass is 10.0. The van der Waals surface area contributed by atoms with E-state index in [-0.39, 0.29) is 6.04 Å². The van der Waals surface area contributed by atoms with Crippen molar-refractivity contribution in [3.63, 3.8) is 0 Å². The molecule has 2 nitrogen and oxygen atoms in total. The number of nitrogens with one attached hydrogen (secondary N) is 1. The lowest BCUT2D eigenvalue weighted by molar-refractivity contribution is 0.167. The fraction of sp³-hybridized carbons (Fsp3) is 1.00. The van der Waals surface area contributed by atoms with Crippen molar-refractivity contribution in [3.8, 4) is 0 Å². The molecule has 11 heavy (non-hydrogen) atoms. The lowest BCUT2D eigenvalue weighted by Gasteiger charge is -2.18. The maximum Gasteiger partial charge on any atom is 0.124 e. The van der Waals surface area contributed by atoms with Crippen LogP contribution in [0.4, 0.5) is 4.39 Å². The third kappa shape index (κ3) is 2.42. The predicted molar refractivity (Wildman–Crippen MR) is 44.2 cm³/mol. The zero-order chi connectivity index (χ0) is 8.32. The summed E-state index contributed by atoms with van der Waals surface area (Å²) >= 11 is 0. The molecule has 0 saturated heterocycles. The SMILES string of the molecule is CCNCC1(F)CCC(N)C1. The van der Waals surface area contributed by atoms with Crippen LogP contribution >= 0.6 is 0 Å². The molecule has 0 bridgehead atoms. The zero-order valence-electron chi connectivity index (χ0n) is 7.07. The molecule has 0 aromatic rings. The Morgan fingerprint density at radius 3 is 2.91 bits per heavy atom. The Balaban J connectivity index is 2.29. The van der Waals surface area contributed by atoms with Gasteiger partial charge in [0.2, 0.25) is 0 Å². The minimum Gasteiger partial charge on any atom is -0.328 e. The van der Waals surface area contributed by atoms with Gasteiger partial charge in [-0.15, -0.1) is 0 Å². The van der Waals surface area contributed by atoms with E-state index in [0.29, 0.717) is 19.4 Å². The first-order valence-corrected chi connectivity index (χ1v) is 4.31. The zero-order valence-corrected chi connectivity index (χ0v) is 7.07. The number of halogens is 1. The molecular formula is C8H17FN2. The van der Waals surface area contributed by atoms with Crippen LogP contribution in [-0.2, 0) is 0 Å². The van der Waals surface area contributed by atoms with Gasteiger partial charge in [0.05, 0.1) is 0 Å². The summed E-state index contributed by atoms with van der Waals surface area (Å²) in [7, 11) is 0. The highest BCUT2D eigenvalue weighted by molar-refractivity contribution is 4.92. The molecule has 3 heteroatoms. The van der Waals surface area contributed by atoms with E-state index in [4.69, 9.17) is 5.73 Å². The summed E-state index contributed by atoms with van der Waals surface area (Å²) in [6.07, 6.45) is 1.99. The molecule has 0 aromatic carbocycles. The van der Waals surface area contributed by atoms with E-state index in [2.05, 4.69) is 5.32 Å². The number of rotatable bonds is 3. The molecule has 1 saturated carbocycles. The van der Waals surface area contributed by atoms with Crippen LogP contribution in [0.15, 0.2) is 0 Å². The largest absolute Gasteiger partial charge is 0.328 e. The fourth-order valence-corrected chi connectivity index (χ4v) is 1.63. The number of alkyl halides is 1. The lowest BCUT2D eigenvalue weighted by Crippen LogP contribution is -2.35. The Morgan fingerprint density at radius 1 is 1.73 bits per heavy atom. The first kappa shape index (κ1) is 8.94. The van der Waals surface area contributed by atoms with Gasteiger partial charge in [-0.1, -0.05) is 6.92 Å². The molecule has 66 valence electrons. The van der Waals surface area contributed by atoms with Crippen molar-refractivity contribution in [2.45, 2.75) is 37.9 Å². The molecule has 1 rings (SSSR count). The maximum absolute atomic E-state index is 13.6. The highest BCUT2D eigenvalue weighted by atomic mass is 19.1. The molecule has 0 heterocycles. The Morgan fingerprint density at radius 2 is 2.45 bits per heavy atom. The van der Waals surface area contributed by atoms with Gasteiger partial charge in [0, 0.05) is 12.6 Å². The molecule has 0 radical (unpaired) electrons. The number of hydrogen-bond donors (Lipinski definition) is 2. The molecule has 1 aliphatic carbocycles. The molecule has 1 aliphatic rings. The highest BCUT2D eigenvalue weighted by Gasteiger charge is 2.37. The van der Waals surface area contributed by atoms with Gasteiger partial charge in [0.25, 0.3) is 0 Å². The van der Waals surface area contributed by atoms with Crippen LogP contribution in [0, 0.1) is 0 Å². The average Bonchev–Trinajstić information content (AvgIpc) is 2.28. The number of hydrogen-bond acceptors (Lipinski definition) is 2. The summed E-state index contributed by atoms with van der Waals surface area (Å²) in [5.74, 6) is 0. The second-order valence-corrected chi connectivity index (χ2v) is 3.43. The van der Waals surface area contributed by atoms with Gasteiger partial charge in [-0.25, -0.2) is 4.39 Å². The summed E-state index contributed by atoms with van der Waals surface area (Å²) in [5, 5.41) is 3.02. The normalized spacial score (nSPS) is 37.9. The quantitative estimate of drug-likeness (QED) is 0.641. The summed E-state index contributed by atoms with van der Waals surface area (Å²) < 4.78 is 13.6. The average molecular weight is 160 g/mol. The Kier molecular flexibility index (Phi) is 2.84. The van der Waals surface area contributed by atoms with Crippen molar-refractivity contribution in [1.82, 2.24) is 5.32 Å². The molecule has 2 atom stereocenters. The van der Waals surface area contributed by atoms with Crippen LogP contribution in [-0.4, -0.2) is 24.8 Å². The summed E-state index contributed by atoms with van der Waals surface area (Å²) in [6.45, 7) is 3.29. The smallest absolute Gasteiger partial charge is 0.124 e. The van der Waals surface area contributed by atoms with E-state index in [9.17, 15) is 4.39 Å². The summed E-state index contributed by atoms with van der Waals surface area (Å²) in [4.78, 5) is 0. The summed E-state index contributed by atoms with van der Waals surface area (Å²) in [5.41, 5.74) is 4.60. The first-order valence-electron chi connectivity index (χ1n) is 4.31. The van der Waals surface area contributed by atoms with Crippen LogP contribution in [0.5, 0.6) is 0 Å². The van der Waals surface area contributed by atoms with E-state index in [1.165, 1.54) is 0 Å². The van der Waals surface area contributed by atoms with Crippen LogP contribution in [0.3, 0.4) is 0 Å². The van der Waals surface area contributed by atoms with Gasteiger partial charge >= 0.3 is 0 Å². The second kappa shape index (κ2) is 3.50. The fourth-order valence-electron chi connectivity index (χ4n) is 1.63. The predicted octanol–water partition coefficient (Wildman–Crippen LogP) is 0.815. The van der Waals surface area contributed by atoms with Crippen molar-refractivity contribution in [3.05, 3.63) is 0 Å². The van der Waals surface area contributed by atoms with E-state index in [1.54, 1.807) is 0 Å². The van der Waals surface area contributed by atoms with Crippen molar-refractivity contribution >= 4 is 0 Å². The van der Waals surface area contributed by atoms with Crippen molar-refractivity contribution in [2.75, 3.05) is 13.1 Å². The third-order valence-electron chi connectivity index (χ3n) is 2.28. The molecule has 0 aliphatic heterocycles. The Hall–Kier alpha value is -0.150. The van der Waals surface area contributed by atoms with Crippen molar-refractivity contribution < 1.29 is 4.39 Å².